The van der Waals surface area contributed by atoms with Crippen LogP contribution in [0.4, 0.5) is 5.69 Å². The van der Waals surface area contributed by atoms with E-state index in [1.807, 2.05) is 36.4 Å². The third kappa shape index (κ3) is 5.44. The highest BCUT2D eigenvalue weighted by atomic mass is 32.2. The second-order valence-electron chi connectivity index (χ2n) is 6.81. The second-order valence-corrected chi connectivity index (χ2v) is 9.19. The SMILES string of the molecule is COc1ccccc1OCCSc1nc2ccc(NC(=O)c3ccccc3C(=O)O)cc2s1. The Kier molecular flexibility index (Phi) is 7.11. The zero-order valence-corrected chi connectivity index (χ0v) is 19.2. The van der Waals surface area contributed by atoms with Crippen LogP contribution >= 0.6 is 23.1 Å². The number of carboxylic acid groups (broad SMARTS) is 1. The van der Waals surface area contributed by atoms with E-state index in [2.05, 4.69) is 10.3 Å². The van der Waals surface area contributed by atoms with Gasteiger partial charge < -0.3 is 19.9 Å². The van der Waals surface area contributed by atoms with Crippen molar-refractivity contribution in [2.75, 3.05) is 24.8 Å². The number of anilines is 1. The van der Waals surface area contributed by atoms with E-state index in [0.29, 0.717) is 29.5 Å². The molecule has 0 aliphatic heterocycles. The molecule has 0 saturated carbocycles. The van der Waals surface area contributed by atoms with Crippen LogP contribution in [-0.4, -0.2) is 41.4 Å². The minimum absolute atomic E-state index is 0.0390. The van der Waals surface area contributed by atoms with Gasteiger partial charge in [-0.05, 0) is 42.5 Å². The summed E-state index contributed by atoms with van der Waals surface area (Å²) < 4.78 is 12.9. The summed E-state index contributed by atoms with van der Waals surface area (Å²) >= 11 is 3.11. The number of thiazole rings is 1. The fraction of sp³-hybridized carbons (Fsp3) is 0.125. The van der Waals surface area contributed by atoms with Crippen LogP contribution in [0.15, 0.2) is 71.1 Å². The highest BCUT2D eigenvalue weighted by molar-refractivity contribution is 8.01. The van der Waals surface area contributed by atoms with E-state index in [0.717, 1.165) is 14.6 Å². The fourth-order valence-electron chi connectivity index (χ4n) is 3.13. The Hall–Kier alpha value is -3.56. The normalized spacial score (nSPS) is 10.7. The van der Waals surface area contributed by atoms with Crippen molar-refractivity contribution >= 4 is 50.9 Å². The van der Waals surface area contributed by atoms with Crippen molar-refractivity contribution in [1.82, 2.24) is 4.98 Å². The zero-order chi connectivity index (χ0) is 23.2. The van der Waals surface area contributed by atoms with Gasteiger partial charge in [-0.3, -0.25) is 4.79 Å². The number of hydrogen-bond donors (Lipinski definition) is 2. The number of rotatable bonds is 9. The quantitative estimate of drug-likeness (QED) is 0.244. The van der Waals surface area contributed by atoms with Gasteiger partial charge in [-0.2, -0.15) is 0 Å². The summed E-state index contributed by atoms with van der Waals surface area (Å²) in [5.74, 6) is 0.501. The number of carbonyl (C=O) groups excluding carboxylic acids is 1. The molecular formula is C24H20N2O5S2. The number of thioether (sulfide) groups is 1. The summed E-state index contributed by atoms with van der Waals surface area (Å²) in [6.45, 7) is 0.505. The molecule has 1 aromatic heterocycles. The molecule has 1 amide bonds. The Morgan fingerprint density at radius 2 is 1.76 bits per heavy atom. The van der Waals surface area contributed by atoms with E-state index < -0.39 is 11.9 Å². The number of carbonyl (C=O) groups is 2. The van der Waals surface area contributed by atoms with E-state index in [1.165, 1.54) is 23.5 Å². The van der Waals surface area contributed by atoms with Gasteiger partial charge in [0.05, 0.1) is 35.1 Å². The lowest BCUT2D eigenvalue weighted by molar-refractivity contribution is 0.0692. The maximum Gasteiger partial charge on any atom is 0.336 e. The molecule has 4 rings (SSSR count). The van der Waals surface area contributed by atoms with Gasteiger partial charge in [-0.25, -0.2) is 9.78 Å². The van der Waals surface area contributed by atoms with Crippen molar-refractivity contribution in [3.63, 3.8) is 0 Å². The molecule has 0 aliphatic carbocycles. The van der Waals surface area contributed by atoms with Crippen molar-refractivity contribution in [1.29, 1.82) is 0 Å². The summed E-state index contributed by atoms with van der Waals surface area (Å²) in [5.41, 5.74) is 1.48. The van der Waals surface area contributed by atoms with Gasteiger partial charge in [-0.15, -0.1) is 11.3 Å². The van der Waals surface area contributed by atoms with E-state index in [9.17, 15) is 14.7 Å². The van der Waals surface area contributed by atoms with Crippen LogP contribution in [0.2, 0.25) is 0 Å². The Morgan fingerprint density at radius 3 is 2.52 bits per heavy atom. The van der Waals surface area contributed by atoms with Crippen LogP contribution < -0.4 is 14.8 Å². The Bertz CT molecular complexity index is 1310. The topological polar surface area (TPSA) is 97.8 Å². The van der Waals surface area contributed by atoms with Gasteiger partial charge in [0.15, 0.2) is 15.8 Å². The maximum atomic E-state index is 12.6. The molecular weight excluding hydrogens is 460 g/mol. The fourth-order valence-corrected chi connectivity index (χ4v) is 5.12. The average Bonchev–Trinajstić information content (AvgIpc) is 3.24. The molecule has 4 aromatic rings. The Labute approximate surface area is 198 Å². The molecule has 3 aromatic carbocycles. The van der Waals surface area contributed by atoms with Crippen LogP contribution in [0.25, 0.3) is 10.2 Å². The maximum absolute atomic E-state index is 12.6. The van der Waals surface area contributed by atoms with Gasteiger partial charge in [0.2, 0.25) is 0 Å². The summed E-state index contributed by atoms with van der Waals surface area (Å²) in [7, 11) is 1.61. The Balaban J connectivity index is 1.38. The number of amides is 1. The highest BCUT2D eigenvalue weighted by Crippen LogP contribution is 2.32. The van der Waals surface area contributed by atoms with Crippen molar-refractivity contribution in [2.45, 2.75) is 4.34 Å². The van der Waals surface area contributed by atoms with Gasteiger partial charge >= 0.3 is 5.97 Å². The molecule has 0 radical (unpaired) electrons. The predicted octanol–water partition coefficient (Wildman–Crippen LogP) is 5.43. The van der Waals surface area contributed by atoms with E-state index in [1.54, 1.807) is 37.1 Å². The van der Waals surface area contributed by atoms with E-state index in [4.69, 9.17) is 9.47 Å². The number of nitrogens with zero attached hydrogens (tertiary/aromatic N) is 1. The number of aromatic nitrogens is 1. The van der Waals surface area contributed by atoms with E-state index in [-0.39, 0.29) is 11.1 Å². The summed E-state index contributed by atoms with van der Waals surface area (Å²) in [6, 6.07) is 19.1. The number of fused-ring (bicyclic) bond motifs is 1. The minimum Gasteiger partial charge on any atom is -0.493 e. The first kappa shape index (κ1) is 22.6. The first-order valence-corrected chi connectivity index (χ1v) is 11.8. The number of aromatic carboxylic acids is 1. The molecule has 0 spiro atoms. The number of ether oxygens (including phenoxy) is 2. The lowest BCUT2D eigenvalue weighted by atomic mass is 10.1. The third-order valence-electron chi connectivity index (χ3n) is 4.66. The second kappa shape index (κ2) is 10.4. The number of benzene rings is 3. The smallest absolute Gasteiger partial charge is 0.336 e. The lowest BCUT2D eigenvalue weighted by Gasteiger charge is -2.09. The molecule has 0 bridgehead atoms. The molecule has 168 valence electrons. The van der Waals surface area contributed by atoms with Crippen molar-refractivity contribution in [3.8, 4) is 11.5 Å². The third-order valence-corrected chi connectivity index (χ3v) is 6.79. The van der Waals surface area contributed by atoms with Crippen molar-refractivity contribution in [3.05, 3.63) is 77.9 Å². The molecule has 0 atom stereocenters. The molecule has 2 N–H and O–H groups in total. The number of hydrogen-bond acceptors (Lipinski definition) is 7. The molecule has 1 heterocycles. The molecule has 33 heavy (non-hydrogen) atoms. The van der Waals surface area contributed by atoms with Gasteiger partial charge in [0, 0.05) is 11.4 Å². The van der Waals surface area contributed by atoms with E-state index >= 15 is 0 Å². The largest absolute Gasteiger partial charge is 0.493 e. The number of para-hydroxylation sites is 2. The zero-order valence-electron chi connectivity index (χ0n) is 17.6. The monoisotopic (exact) mass is 480 g/mol. The number of carboxylic acids is 1. The molecule has 7 nitrogen and oxygen atoms in total. The summed E-state index contributed by atoms with van der Waals surface area (Å²) in [4.78, 5) is 28.6. The molecule has 9 heteroatoms. The molecule has 0 saturated heterocycles. The van der Waals surface area contributed by atoms with Crippen LogP contribution in [0.1, 0.15) is 20.7 Å². The first-order chi connectivity index (χ1) is 16.0. The van der Waals surface area contributed by atoms with Crippen molar-refractivity contribution in [2.24, 2.45) is 0 Å². The summed E-state index contributed by atoms with van der Waals surface area (Å²) in [6.07, 6.45) is 0. The molecule has 0 unspecified atom stereocenters. The van der Waals surface area contributed by atoms with Crippen LogP contribution in [0.5, 0.6) is 11.5 Å². The minimum atomic E-state index is -1.14. The van der Waals surface area contributed by atoms with Crippen LogP contribution in [-0.2, 0) is 0 Å². The van der Waals surface area contributed by atoms with Crippen LogP contribution in [0.3, 0.4) is 0 Å². The van der Waals surface area contributed by atoms with Gasteiger partial charge in [0.1, 0.15) is 0 Å². The Morgan fingerprint density at radius 1 is 1.03 bits per heavy atom. The van der Waals surface area contributed by atoms with Gasteiger partial charge in [0.25, 0.3) is 5.91 Å². The molecule has 0 aliphatic rings. The highest BCUT2D eigenvalue weighted by Gasteiger charge is 2.16. The van der Waals surface area contributed by atoms with Crippen LogP contribution in [0, 0.1) is 0 Å². The summed E-state index contributed by atoms with van der Waals surface area (Å²) in [5, 5.41) is 12.1. The lowest BCUT2D eigenvalue weighted by Crippen LogP contribution is -2.16. The number of nitrogens with one attached hydrogen (secondary N) is 1. The standard InChI is InChI=1S/C24H20N2O5S2/c1-30-19-8-4-5-9-20(19)31-12-13-32-24-26-18-11-10-15(14-21(18)33-24)25-22(27)16-6-2-3-7-17(16)23(28)29/h2-11,14H,12-13H2,1H3,(H,25,27)(H,28,29). The number of methoxy groups -OCH3 is 1. The van der Waals surface area contributed by atoms with Crippen molar-refractivity contribution < 1.29 is 24.2 Å². The first-order valence-electron chi connectivity index (χ1n) is 9.98. The molecule has 0 fully saturated rings. The van der Waals surface area contributed by atoms with Gasteiger partial charge in [-0.1, -0.05) is 36.0 Å². The predicted molar refractivity (Wildman–Crippen MR) is 130 cm³/mol. The average molecular weight is 481 g/mol.